The topological polar surface area (TPSA) is 75.1 Å². The number of benzene rings is 1. The second kappa shape index (κ2) is 10.3. The first-order valence-corrected chi connectivity index (χ1v) is 9.06. The molecule has 1 aromatic rings. The van der Waals surface area contributed by atoms with Crippen molar-refractivity contribution in [1.82, 2.24) is 10.6 Å². The molecule has 1 aromatic carbocycles. The van der Waals surface area contributed by atoms with Crippen molar-refractivity contribution in [3.05, 3.63) is 29.8 Å². The van der Waals surface area contributed by atoms with Crippen LogP contribution < -0.4 is 15.4 Å². The number of aliphatic hydroxyl groups excluding tert-OH is 1. The molecule has 6 nitrogen and oxygen atoms in total. The molecule has 0 aromatic heterocycles. The number of nitrogens with zero attached hydrogens (tertiary/aromatic N) is 1. The Kier molecular flexibility index (Phi) is 8.01. The fourth-order valence-corrected chi connectivity index (χ4v) is 3.10. The van der Waals surface area contributed by atoms with E-state index in [4.69, 9.17) is 14.5 Å². The average molecular weight is 349 g/mol. The predicted octanol–water partition coefficient (Wildman–Crippen LogP) is 1.58. The molecule has 1 aliphatic rings. The number of aliphatic hydroxyl groups is 1. The molecule has 1 unspecified atom stereocenters. The summed E-state index contributed by atoms with van der Waals surface area (Å²) >= 11 is 0. The number of hydrogen-bond donors (Lipinski definition) is 3. The van der Waals surface area contributed by atoms with Crippen molar-refractivity contribution in [2.45, 2.75) is 26.2 Å². The average Bonchev–Trinajstić information content (AvgIpc) is 3.09. The van der Waals surface area contributed by atoms with Crippen LogP contribution in [0.3, 0.4) is 0 Å². The van der Waals surface area contributed by atoms with Gasteiger partial charge >= 0.3 is 0 Å². The fourth-order valence-electron chi connectivity index (χ4n) is 3.10. The maximum absolute atomic E-state index is 9.33. The molecule has 0 saturated carbocycles. The van der Waals surface area contributed by atoms with Crippen LogP contribution >= 0.6 is 0 Å². The molecular formula is C19H31N3O3. The van der Waals surface area contributed by atoms with Crippen LogP contribution in [0.5, 0.6) is 5.75 Å². The maximum Gasteiger partial charge on any atom is 0.191 e. The van der Waals surface area contributed by atoms with E-state index < -0.39 is 0 Å². The largest absolute Gasteiger partial charge is 0.496 e. The van der Waals surface area contributed by atoms with Gasteiger partial charge in [0.15, 0.2) is 5.96 Å². The van der Waals surface area contributed by atoms with E-state index in [9.17, 15) is 5.11 Å². The van der Waals surface area contributed by atoms with Crippen molar-refractivity contribution in [3.63, 3.8) is 0 Å². The van der Waals surface area contributed by atoms with Gasteiger partial charge in [0.25, 0.3) is 0 Å². The number of guanidine groups is 1. The smallest absolute Gasteiger partial charge is 0.191 e. The second-order valence-corrected chi connectivity index (χ2v) is 6.46. The van der Waals surface area contributed by atoms with E-state index in [1.807, 2.05) is 18.2 Å². The van der Waals surface area contributed by atoms with Crippen molar-refractivity contribution in [2.75, 3.05) is 46.6 Å². The highest BCUT2D eigenvalue weighted by atomic mass is 16.5. The molecule has 0 bridgehead atoms. The zero-order valence-corrected chi connectivity index (χ0v) is 15.4. The van der Waals surface area contributed by atoms with Crippen LogP contribution in [0.25, 0.3) is 0 Å². The molecule has 0 spiro atoms. The van der Waals surface area contributed by atoms with Gasteiger partial charge in [0.2, 0.25) is 0 Å². The summed E-state index contributed by atoms with van der Waals surface area (Å²) in [5.74, 6) is 1.72. The van der Waals surface area contributed by atoms with Gasteiger partial charge in [-0.15, -0.1) is 0 Å². The SMILES string of the molecule is CCNC(=NCC1(CCO)CCOC1)NCCc1ccccc1OC. The van der Waals surface area contributed by atoms with E-state index in [0.29, 0.717) is 13.2 Å². The van der Waals surface area contributed by atoms with Crippen LogP contribution in [-0.2, 0) is 11.2 Å². The van der Waals surface area contributed by atoms with Crippen LogP contribution in [-0.4, -0.2) is 57.6 Å². The highest BCUT2D eigenvalue weighted by Gasteiger charge is 2.34. The van der Waals surface area contributed by atoms with E-state index in [2.05, 4.69) is 23.6 Å². The molecular weight excluding hydrogens is 318 g/mol. The summed E-state index contributed by atoms with van der Waals surface area (Å²) < 4.78 is 10.9. The quantitative estimate of drug-likeness (QED) is 0.466. The van der Waals surface area contributed by atoms with E-state index in [1.165, 1.54) is 5.56 Å². The number of nitrogens with one attached hydrogen (secondary N) is 2. The van der Waals surface area contributed by atoms with Gasteiger partial charge in [0, 0.05) is 31.7 Å². The Balaban J connectivity index is 1.91. The van der Waals surface area contributed by atoms with Gasteiger partial charge in [0.1, 0.15) is 5.75 Å². The summed E-state index contributed by atoms with van der Waals surface area (Å²) in [5, 5.41) is 16.0. The second-order valence-electron chi connectivity index (χ2n) is 6.46. The van der Waals surface area contributed by atoms with Crippen LogP contribution in [0, 0.1) is 5.41 Å². The van der Waals surface area contributed by atoms with Gasteiger partial charge in [-0.05, 0) is 37.8 Å². The number of aliphatic imine (C=N–C) groups is 1. The minimum atomic E-state index is -0.0280. The third-order valence-electron chi connectivity index (χ3n) is 4.62. The van der Waals surface area contributed by atoms with E-state index in [1.54, 1.807) is 7.11 Å². The van der Waals surface area contributed by atoms with Gasteiger partial charge in [0.05, 0.1) is 20.3 Å². The van der Waals surface area contributed by atoms with Gasteiger partial charge < -0.3 is 25.2 Å². The highest BCUT2D eigenvalue weighted by Crippen LogP contribution is 2.32. The minimum Gasteiger partial charge on any atom is -0.496 e. The number of methoxy groups -OCH3 is 1. The van der Waals surface area contributed by atoms with Crippen LogP contribution in [0.2, 0.25) is 0 Å². The summed E-state index contributed by atoms with van der Waals surface area (Å²) in [4.78, 5) is 4.73. The molecule has 140 valence electrons. The molecule has 0 radical (unpaired) electrons. The van der Waals surface area contributed by atoms with Crippen LogP contribution in [0.4, 0.5) is 0 Å². The first-order chi connectivity index (χ1) is 12.2. The Morgan fingerprint density at radius 2 is 2.20 bits per heavy atom. The molecule has 2 rings (SSSR count). The third kappa shape index (κ3) is 5.90. The molecule has 1 fully saturated rings. The number of hydrogen-bond acceptors (Lipinski definition) is 4. The first-order valence-electron chi connectivity index (χ1n) is 9.06. The first kappa shape index (κ1) is 19.5. The molecule has 1 saturated heterocycles. The van der Waals surface area contributed by atoms with E-state index in [-0.39, 0.29) is 12.0 Å². The standard InChI is InChI=1S/C19H31N3O3/c1-3-20-18(22-14-19(9-12-23)10-13-25-15-19)21-11-8-16-6-4-5-7-17(16)24-2/h4-7,23H,3,8-15H2,1-2H3,(H2,20,21,22). The minimum absolute atomic E-state index is 0.0280. The van der Waals surface area contributed by atoms with Crippen molar-refractivity contribution in [3.8, 4) is 5.75 Å². The van der Waals surface area contributed by atoms with Crippen molar-refractivity contribution < 1.29 is 14.6 Å². The zero-order valence-electron chi connectivity index (χ0n) is 15.4. The van der Waals surface area contributed by atoms with Crippen LogP contribution in [0.1, 0.15) is 25.3 Å². The third-order valence-corrected chi connectivity index (χ3v) is 4.62. The molecule has 25 heavy (non-hydrogen) atoms. The van der Waals surface area contributed by atoms with Gasteiger partial charge in [-0.3, -0.25) is 4.99 Å². The Morgan fingerprint density at radius 3 is 2.88 bits per heavy atom. The lowest BCUT2D eigenvalue weighted by molar-refractivity contribution is 0.131. The Bertz CT molecular complexity index is 542. The van der Waals surface area contributed by atoms with Crippen molar-refractivity contribution >= 4 is 5.96 Å². The van der Waals surface area contributed by atoms with Gasteiger partial charge in [-0.2, -0.15) is 0 Å². The molecule has 1 aliphatic heterocycles. The summed E-state index contributed by atoms with van der Waals surface area (Å²) in [5.41, 5.74) is 1.15. The Morgan fingerprint density at radius 1 is 1.36 bits per heavy atom. The lowest BCUT2D eigenvalue weighted by Crippen LogP contribution is -2.39. The molecule has 1 atom stereocenters. The predicted molar refractivity (Wildman–Crippen MR) is 100 cm³/mol. The lowest BCUT2D eigenvalue weighted by atomic mass is 9.84. The lowest BCUT2D eigenvalue weighted by Gasteiger charge is -2.24. The van der Waals surface area contributed by atoms with Crippen LogP contribution in [0.15, 0.2) is 29.3 Å². The van der Waals surface area contributed by atoms with E-state index in [0.717, 1.165) is 50.7 Å². The van der Waals surface area contributed by atoms with E-state index >= 15 is 0 Å². The number of rotatable bonds is 9. The zero-order chi connectivity index (χ0) is 18.0. The monoisotopic (exact) mass is 349 g/mol. The summed E-state index contributed by atoms with van der Waals surface area (Å²) in [6.45, 7) is 5.92. The highest BCUT2D eigenvalue weighted by molar-refractivity contribution is 5.79. The Labute approximate surface area is 150 Å². The molecule has 3 N–H and O–H groups in total. The Hall–Kier alpha value is -1.79. The maximum atomic E-state index is 9.33. The molecule has 1 heterocycles. The number of ether oxygens (including phenoxy) is 2. The molecule has 6 heteroatoms. The van der Waals surface area contributed by atoms with Crippen molar-refractivity contribution in [1.29, 1.82) is 0 Å². The summed E-state index contributed by atoms with van der Waals surface area (Å²) in [7, 11) is 1.70. The van der Waals surface area contributed by atoms with Crippen molar-refractivity contribution in [2.24, 2.45) is 10.4 Å². The fraction of sp³-hybridized carbons (Fsp3) is 0.632. The molecule has 0 amide bonds. The summed E-state index contributed by atoms with van der Waals surface area (Å²) in [6, 6.07) is 8.06. The molecule has 0 aliphatic carbocycles. The number of para-hydroxylation sites is 1. The summed E-state index contributed by atoms with van der Waals surface area (Å²) in [6.07, 6.45) is 2.55. The van der Waals surface area contributed by atoms with Gasteiger partial charge in [-0.25, -0.2) is 0 Å². The normalized spacial score (nSPS) is 20.5. The van der Waals surface area contributed by atoms with Gasteiger partial charge in [-0.1, -0.05) is 18.2 Å².